The Bertz CT molecular complexity index is 127. The topological polar surface area (TPSA) is 32.3 Å². The molecule has 1 saturated heterocycles. The minimum atomic E-state index is 0. The van der Waals surface area contributed by atoms with E-state index in [0.29, 0.717) is 6.54 Å². The van der Waals surface area contributed by atoms with Crippen molar-refractivity contribution in [2.45, 2.75) is 6.92 Å². The summed E-state index contributed by atoms with van der Waals surface area (Å²) in [5, 5.41) is 3.23. The number of ketones is 1. The second-order valence-corrected chi connectivity index (χ2v) is 2.73. The van der Waals surface area contributed by atoms with Gasteiger partial charge in [-0.1, -0.05) is 0 Å². The van der Waals surface area contributed by atoms with Gasteiger partial charge in [0.05, 0.1) is 6.54 Å². The quantitative estimate of drug-likeness (QED) is 0.720. The molecule has 0 aromatic carbocycles. The number of hydrogen-bond donors (Lipinski definition) is 1. The van der Waals surface area contributed by atoms with Crippen LogP contribution < -0.4 is 5.32 Å². The van der Waals surface area contributed by atoms with E-state index in [1.165, 1.54) is 0 Å². The van der Waals surface area contributed by atoms with E-state index < -0.39 is 0 Å². The van der Waals surface area contributed by atoms with E-state index >= 15 is 0 Å². The van der Waals surface area contributed by atoms with E-state index in [-0.39, 0.29) is 30.6 Å². The van der Waals surface area contributed by atoms with E-state index in [1.54, 1.807) is 6.92 Å². The highest BCUT2D eigenvalue weighted by atomic mass is 35.5. The fraction of sp³-hybridized carbons (Fsp3) is 0.857. The number of rotatable bonds is 2. The first-order chi connectivity index (χ1) is 4.79. The fourth-order valence-electron chi connectivity index (χ4n) is 1.18. The van der Waals surface area contributed by atoms with Crippen molar-refractivity contribution in [3.8, 4) is 0 Å². The standard InChI is InChI=1S/C7H14N2O.2ClH/c1-7(10)6-9-4-2-8-3-5-9;;/h8H,2-6H2,1H3;2*1H. The summed E-state index contributed by atoms with van der Waals surface area (Å²) < 4.78 is 0. The van der Waals surface area contributed by atoms with Gasteiger partial charge >= 0.3 is 0 Å². The molecule has 12 heavy (non-hydrogen) atoms. The largest absolute Gasteiger partial charge is 0.314 e. The number of nitrogens with one attached hydrogen (secondary N) is 1. The van der Waals surface area contributed by atoms with Crippen molar-refractivity contribution in [2.24, 2.45) is 0 Å². The van der Waals surface area contributed by atoms with Crippen LogP contribution in [0.15, 0.2) is 0 Å². The second-order valence-electron chi connectivity index (χ2n) is 2.73. The van der Waals surface area contributed by atoms with Gasteiger partial charge in [0.25, 0.3) is 0 Å². The third-order valence-electron chi connectivity index (χ3n) is 1.66. The van der Waals surface area contributed by atoms with Crippen molar-refractivity contribution in [1.82, 2.24) is 10.2 Å². The van der Waals surface area contributed by atoms with Gasteiger partial charge in [0.15, 0.2) is 0 Å². The van der Waals surface area contributed by atoms with Gasteiger partial charge < -0.3 is 5.32 Å². The predicted octanol–water partition coefficient (Wildman–Crippen LogP) is 0.324. The summed E-state index contributed by atoms with van der Waals surface area (Å²) in [4.78, 5) is 12.8. The van der Waals surface area contributed by atoms with E-state index in [9.17, 15) is 4.79 Å². The molecular formula is C7H16Cl2N2O. The first-order valence-electron chi connectivity index (χ1n) is 3.71. The van der Waals surface area contributed by atoms with E-state index in [4.69, 9.17) is 0 Å². The summed E-state index contributed by atoms with van der Waals surface area (Å²) in [6, 6.07) is 0. The molecule has 0 amide bonds. The minimum absolute atomic E-state index is 0. The van der Waals surface area contributed by atoms with Crippen LogP contribution in [-0.2, 0) is 4.79 Å². The summed E-state index contributed by atoms with van der Waals surface area (Å²) in [6.45, 7) is 6.34. The molecule has 0 unspecified atom stereocenters. The zero-order valence-electron chi connectivity index (χ0n) is 7.21. The number of carbonyl (C=O) groups is 1. The van der Waals surface area contributed by atoms with Gasteiger partial charge in [-0.3, -0.25) is 9.69 Å². The van der Waals surface area contributed by atoms with Gasteiger partial charge in [0, 0.05) is 26.2 Å². The molecule has 1 rings (SSSR count). The number of hydrogen-bond acceptors (Lipinski definition) is 3. The Labute approximate surface area is 85.7 Å². The Balaban J connectivity index is 0. The maximum atomic E-state index is 10.6. The van der Waals surface area contributed by atoms with E-state index in [2.05, 4.69) is 10.2 Å². The number of nitrogens with zero attached hydrogens (tertiary/aromatic N) is 1. The molecule has 1 heterocycles. The van der Waals surface area contributed by atoms with Crippen LogP contribution in [-0.4, -0.2) is 43.4 Å². The Morgan fingerprint density at radius 1 is 1.33 bits per heavy atom. The lowest BCUT2D eigenvalue weighted by Crippen LogP contribution is -2.45. The van der Waals surface area contributed by atoms with Crippen LogP contribution in [0.2, 0.25) is 0 Å². The maximum Gasteiger partial charge on any atom is 0.143 e. The number of piperazine rings is 1. The Hall–Kier alpha value is 0.170. The average Bonchev–Trinajstić information content (AvgIpc) is 1.88. The molecule has 1 N–H and O–H groups in total. The third kappa shape index (κ3) is 5.77. The highest BCUT2D eigenvalue weighted by Gasteiger charge is 2.09. The predicted molar refractivity (Wildman–Crippen MR) is 54.5 cm³/mol. The van der Waals surface area contributed by atoms with Gasteiger partial charge in [-0.2, -0.15) is 0 Å². The van der Waals surface area contributed by atoms with Crippen molar-refractivity contribution in [3.63, 3.8) is 0 Å². The SMILES string of the molecule is CC(=O)CN1CCNCC1.Cl.Cl. The smallest absolute Gasteiger partial charge is 0.143 e. The maximum absolute atomic E-state index is 10.6. The highest BCUT2D eigenvalue weighted by molar-refractivity contribution is 5.85. The van der Waals surface area contributed by atoms with Crippen LogP contribution in [0.1, 0.15) is 6.92 Å². The minimum Gasteiger partial charge on any atom is -0.314 e. The molecule has 5 heteroatoms. The van der Waals surface area contributed by atoms with Crippen molar-refractivity contribution in [2.75, 3.05) is 32.7 Å². The summed E-state index contributed by atoms with van der Waals surface area (Å²) in [5.74, 6) is 0.266. The van der Waals surface area contributed by atoms with Crippen LogP contribution >= 0.6 is 24.8 Å². The summed E-state index contributed by atoms with van der Waals surface area (Å²) in [7, 11) is 0. The highest BCUT2D eigenvalue weighted by Crippen LogP contribution is 1.90. The monoisotopic (exact) mass is 214 g/mol. The molecule has 0 aromatic rings. The second kappa shape index (κ2) is 7.80. The normalized spacial score (nSPS) is 17.4. The molecule has 3 nitrogen and oxygen atoms in total. The van der Waals surface area contributed by atoms with Crippen LogP contribution in [0.3, 0.4) is 0 Å². The first kappa shape index (κ1) is 14.7. The first-order valence-corrected chi connectivity index (χ1v) is 3.71. The molecule has 0 saturated carbocycles. The molecule has 0 radical (unpaired) electrons. The Morgan fingerprint density at radius 3 is 2.25 bits per heavy atom. The molecule has 1 fully saturated rings. The molecule has 0 aliphatic carbocycles. The van der Waals surface area contributed by atoms with Crippen molar-refractivity contribution < 1.29 is 4.79 Å². The van der Waals surface area contributed by atoms with Crippen molar-refractivity contribution >= 4 is 30.6 Å². The van der Waals surface area contributed by atoms with Gasteiger partial charge in [0.2, 0.25) is 0 Å². The molecule has 0 aromatic heterocycles. The number of halogens is 2. The molecule has 0 bridgehead atoms. The molecule has 74 valence electrons. The lowest BCUT2D eigenvalue weighted by Gasteiger charge is -2.25. The summed E-state index contributed by atoms with van der Waals surface area (Å²) in [5.41, 5.74) is 0. The van der Waals surface area contributed by atoms with E-state index in [1.807, 2.05) is 0 Å². The number of Topliss-reactive ketones (excluding diaryl/α,β-unsaturated/α-hetero) is 1. The van der Waals surface area contributed by atoms with Crippen molar-refractivity contribution in [3.05, 3.63) is 0 Å². The Kier molecular flexibility index (Phi) is 9.54. The zero-order chi connectivity index (χ0) is 7.40. The van der Waals surface area contributed by atoms with Crippen LogP contribution in [0.4, 0.5) is 0 Å². The van der Waals surface area contributed by atoms with Gasteiger partial charge in [0.1, 0.15) is 5.78 Å². The van der Waals surface area contributed by atoms with Gasteiger partial charge in [-0.25, -0.2) is 0 Å². The lowest BCUT2D eigenvalue weighted by molar-refractivity contribution is -0.118. The van der Waals surface area contributed by atoms with Crippen LogP contribution in [0, 0.1) is 0 Å². The van der Waals surface area contributed by atoms with Gasteiger partial charge in [-0.15, -0.1) is 24.8 Å². The average molecular weight is 215 g/mol. The molecule has 0 atom stereocenters. The summed E-state index contributed by atoms with van der Waals surface area (Å²) in [6.07, 6.45) is 0. The molecule has 1 aliphatic heterocycles. The molecular weight excluding hydrogens is 199 g/mol. The molecule has 1 aliphatic rings. The Morgan fingerprint density at radius 2 is 1.83 bits per heavy atom. The van der Waals surface area contributed by atoms with Crippen LogP contribution in [0.25, 0.3) is 0 Å². The molecule has 0 spiro atoms. The third-order valence-corrected chi connectivity index (χ3v) is 1.66. The van der Waals surface area contributed by atoms with Crippen LogP contribution in [0.5, 0.6) is 0 Å². The fourth-order valence-corrected chi connectivity index (χ4v) is 1.18. The number of carbonyl (C=O) groups excluding carboxylic acids is 1. The van der Waals surface area contributed by atoms with E-state index in [0.717, 1.165) is 26.2 Å². The summed E-state index contributed by atoms with van der Waals surface area (Å²) >= 11 is 0. The zero-order valence-corrected chi connectivity index (χ0v) is 8.84. The lowest BCUT2D eigenvalue weighted by atomic mass is 10.3. The van der Waals surface area contributed by atoms with Crippen molar-refractivity contribution in [1.29, 1.82) is 0 Å². The van der Waals surface area contributed by atoms with Gasteiger partial charge in [-0.05, 0) is 6.92 Å².